The molecule has 3 rings (SSSR count). The average Bonchev–Trinajstić information content (AvgIpc) is 3.35. The van der Waals surface area contributed by atoms with Crippen molar-refractivity contribution in [2.45, 2.75) is 84.1 Å². The molecule has 2 aromatic carbocycles. The fraction of sp³-hybridized carbons (Fsp3) is 0.417. The van der Waals surface area contributed by atoms with Gasteiger partial charge in [-0.25, -0.2) is 0 Å². The van der Waals surface area contributed by atoms with E-state index in [0.29, 0.717) is 25.0 Å². The van der Waals surface area contributed by atoms with E-state index in [0.717, 1.165) is 49.8 Å². The standard InChI is InChI=1S/C36H46N2O5/c1-28(39)37-36(3,27-42-29(2)40)25-23-33-32(24-26-38(33)4)34(21-13-11-19-30-15-7-5-8-16-30)43-35(41)22-14-12-20-31-17-9-6-10-18-31/h5-10,15-18,21,24,26H,11-14,19-20,22-23,25,27H2,1-4H3,(H,37,39)/t36-/m1/s1. The van der Waals surface area contributed by atoms with Crippen molar-refractivity contribution >= 4 is 23.6 Å². The Hall–Kier alpha value is -4.13. The lowest BCUT2D eigenvalue weighted by Crippen LogP contribution is -2.49. The number of carbonyl (C=O) groups excluding carboxylic acids is 3. The lowest BCUT2D eigenvalue weighted by molar-refractivity contribution is -0.144. The molecule has 1 heterocycles. The zero-order valence-electron chi connectivity index (χ0n) is 26.1. The van der Waals surface area contributed by atoms with Crippen LogP contribution < -0.4 is 5.32 Å². The van der Waals surface area contributed by atoms with E-state index in [1.54, 1.807) is 0 Å². The van der Waals surface area contributed by atoms with Crippen LogP contribution in [0.2, 0.25) is 0 Å². The molecule has 1 N–H and O–H groups in total. The maximum atomic E-state index is 13.0. The Balaban J connectivity index is 1.72. The first-order valence-corrected chi connectivity index (χ1v) is 15.2. The topological polar surface area (TPSA) is 86.6 Å². The minimum atomic E-state index is -0.742. The summed E-state index contributed by atoms with van der Waals surface area (Å²) in [6.07, 6.45) is 10.6. The van der Waals surface area contributed by atoms with Crippen LogP contribution in [0.5, 0.6) is 0 Å². The van der Waals surface area contributed by atoms with Gasteiger partial charge in [-0.3, -0.25) is 14.4 Å². The molecule has 230 valence electrons. The molecule has 0 bridgehead atoms. The predicted octanol–water partition coefficient (Wildman–Crippen LogP) is 6.74. The van der Waals surface area contributed by atoms with Crippen LogP contribution >= 0.6 is 0 Å². The van der Waals surface area contributed by atoms with E-state index >= 15 is 0 Å². The third-order valence-electron chi connectivity index (χ3n) is 7.46. The number of nitrogens with zero attached hydrogens (tertiary/aromatic N) is 1. The van der Waals surface area contributed by atoms with Crippen LogP contribution in [-0.4, -0.2) is 34.6 Å². The molecule has 0 fully saturated rings. The molecule has 0 saturated heterocycles. The van der Waals surface area contributed by atoms with Crippen LogP contribution in [0.15, 0.2) is 79.0 Å². The second kappa shape index (κ2) is 17.1. The van der Waals surface area contributed by atoms with Gasteiger partial charge in [-0.05, 0) is 81.6 Å². The molecule has 7 nitrogen and oxygen atoms in total. The number of allylic oxidation sites excluding steroid dienone is 1. The van der Waals surface area contributed by atoms with E-state index < -0.39 is 11.5 Å². The number of nitrogens with one attached hydrogen (secondary N) is 1. The molecule has 43 heavy (non-hydrogen) atoms. The molecular weight excluding hydrogens is 540 g/mol. The van der Waals surface area contributed by atoms with Gasteiger partial charge in [0.1, 0.15) is 12.4 Å². The Kier molecular flexibility index (Phi) is 13.3. The highest BCUT2D eigenvalue weighted by atomic mass is 16.5. The van der Waals surface area contributed by atoms with Gasteiger partial charge in [0, 0.05) is 44.8 Å². The van der Waals surface area contributed by atoms with E-state index in [4.69, 9.17) is 9.47 Å². The summed E-state index contributed by atoms with van der Waals surface area (Å²) in [5.41, 5.74) is 3.64. The van der Waals surface area contributed by atoms with E-state index in [1.807, 2.05) is 73.3 Å². The number of rotatable bonds is 17. The minimum absolute atomic E-state index is 0.0712. The smallest absolute Gasteiger partial charge is 0.311 e. The average molecular weight is 587 g/mol. The van der Waals surface area contributed by atoms with Crippen LogP contribution in [0.25, 0.3) is 5.76 Å². The molecule has 1 atom stereocenters. The monoisotopic (exact) mass is 586 g/mol. The first kappa shape index (κ1) is 33.4. The van der Waals surface area contributed by atoms with Crippen molar-refractivity contribution in [2.24, 2.45) is 7.05 Å². The zero-order chi connectivity index (χ0) is 31.1. The van der Waals surface area contributed by atoms with Gasteiger partial charge >= 0.3 is 11.9 Å². The van der Waals surface area contributed by atoms with Gasteiger partial charge in [-0.1, -0.05) is 60.7 Å². The summed E-state index contributed by atoms with van der Waals surface area (Å²) >= 11 is 0. The summed E-state index contributed by atoms with van der Waals surface area (Å²) in [5, 5.41) is 2.95. The van der Waals surface area contributed by atoms with Crippen molar-refractivity contribution in [1.29, 1.82) is 0 Å². The normalized spacial score (nSPS) is 12.8. The molecule has 1 amide bonds. The van der Waals surface area contributed by atoms with Crippen LogP contribution in [0.1, 0.15) is 81.7 Å². The SMILES string of the molecule is CC(=O)N[C@](C)(CCc1c(C(=CCCCc2ccccc2)OC(=O)CCCCc2ccccc2)ccn1C)COC(C)=O. The van der Waals surface area contributed by atoms with Gasteiger partial charge in [0.05, 0.1) is 5.54 Å². The number of esters is 2. The van der Waals surface area contributed by atoms with Crippen LogP contribution in [0, 0.1) is 0 Å². The molecule has 0 spiro atoms. The number of hydrogen-bond donors (Lipinski definition) is 1. The number of aromatic nitrogens is 1. The quantitative estimate of drug-likeness (QED) is 0.108. The van der Waals surface area contributed by atoms with Crippen molar-refractivity contribution < 1.29 is 23.9 Å². The predicted molar refractivity (Wildman–Crippen MR) is 170 cm³/mol. The van der Waals surface area contributed by atoms with Gasteiger partial charge in [0.15, 0.2) is 0 Å². The summed E-state index contributed by atoms with van der Waals surface area (Å²) in [6, 6.07) is 22.6. The third kappa shape index (κ3) is 11.9. The van der Waals surface area contributed by atoms with Gasteiger partial charge in [-0.15, -0.1) is 0 Å². The second-order valence-corrected chi connectivity index (χ2v) is 11.4. The number of unbranched alkanes of at least 4 members (excludes halogenated alkanes) is 2. The van der Waals surface area contributed by atoms with Gasteiger partial charge in [-0.2, -0.15) is 0 Å². The first-order chi connectivity index (χ1) is 20.6. The number of benzene rings is 2. The highest BCUT2D eigenvalue weighted by molar-refractivity contribution is 5.79. The number of aryl methyl sites for hydroxylation is 3. The number of hydrogen-bond acceptors (Lipinski definition) is 5. The van der Waals surface area contributed by atoms with Gasteiger partial charge in [0.2, 0.25) is 5.91 Å². The summed E-state index contributed by atoms with van der Waals surface area (Å²) < 4.78 is 13.3. The number of carbonyl (C=O) groups is 3. The maximum Gasteiger partial charge on any atom is 0.311 e. The Bertz CT molecular complexity index is 1350. The summed E-state index contributed by atoms with van der Waals surface area (Å²) in [5.74, 6) is -0.262. The Morgan fingerprint density at radius 3 is 2.09 bits per heavy atom. The molecule has 0 aliphatic rings. The van der Waals surface area contributed by atoms with Crippen LogP contribution in [0.4, 0.5) is 0 Å². The van der Waals surface area contributed by atoms with E-state index in [-0.39, 0.29) is 18.5 Å². The largest absolute Gasteiger partial charge is 0.463 e. The molecule has 3 aromatic rings. The molecular formula is C36H46N2O5. The van der Waals surface area contributed by atoms with Crippen LogP contribution in [0.3, 0.4) is 0 Å². The van der Waals surface area contributed by atoms with Crippen molar-refractivity contribution in [1.82, 2.24) is 9.88 Å². The Morgan fingerprint density at radius 2 is 1.49 bits per heavy atom. The maximum absolute atomic E-state index is 13.0. The third-order valence-corrected chi connectivity index (χ3v) is 7.46. The lowest BCUT2D eigenvalue weighted by atomic mass is 9.94. The summed E-state index contributed by atoms with van der Waals surface area (Å²) in [4.78, 5) is 36.5. The van der Waals surface area contributed by atoms with E-state index in [9.17, 15) is 14.4 Å². The molecule has 0 saturated carbocycles. The van der Waals surface area contributed by atoms with Crippen molar-refractivity contribution in [3.8, 4) is 0 Å². The molecule has 0 aliphatic carbocycles. The van der Waals surface area contributed by atoms with E-state index in [2.05, 4.69) is 29.6 Å². The van der Waals surface area contributed by atoms with E-state index in [1.165, 1.54) is 25.0 Å². The number of ether oxygens (including phenoxy) is 2. The molecule has 0 radical (unpaired) electrons. The fourth-order valence-corrected chi connectivity index (χ4v) is 5.16. The minimum Gasteiger partial charge on any atom is -0.463 e. The zero-order valence-corrected chi connectivity index (χ0v) is 26.1. The Morgan fingerprint density at radius 1 is 0.860 bits per heavy atom. The summed E-state index contributed by atoms with van der Waals surface area (Å²) in [6.45, 7) is 4.75. The molecule has 1 aromatic heterocycles. The second-order valence-electron chi connectivity index (χ2n) is 11.4. The van der Waals surface area contributed by atoms with Crippen LogP contribution in [-0.2, 0) is 50.2 Å². The first-order valence-electron chi connectivity index (χ1n) is 15.2. The lowest BCUT2D eigenvalue weighted by Gasteiger charge is -2.30. The molecule has 7 heteroatoms. The number of amides is 1. The van der Waals surface area contributed by atoms with Crippen molar-refractivity contribution in [3.63, 3.8) is 0 Å². The highest BCUT2D eigenvalue weighted by Crippen LogP contribution is 2.27. The van der Waals surface area contributed by atoms with Crippen molar-refractivity contribution in [3.05, 3.63) is 101 Å². The highest BCUT2D eigenvalue weighted by Gasteiger charge is 2.28. The van der Waals surface area contributed by atoms with Gasteiger partial charge < -0.3 is 19.4 Å². The fourth-order valence-electron chi connectivity index (χ4n) is 5.16. The Labute approximate surface area is 256 Å². The van der Waals surface area contributed by atoms with Crippen molar-refractivity contribution in [2.75, 3.05) is 6.61 Å². The van der Waals surface area contributed by atoms with Gasteiger partial charge in [0.25, 0.3) is 0 Å². The molecule has 0 unspecified atom stereocenters. The summed E-state index contributed by atoms with van der Waals surface area (Å²) in [7, 11) is 1.96. The molecule has 0 aliphatic heterocycles.